The van der Waals surface area contributed by atoms with E-state index in [2.05, 4.69) is 10.2 Å². The molecule has 0 amide bonds. The maximum absolute atomic E-state index is 12.7. The van der Waals surface area contributed by atoms with Gasteiger partial charge in [0.05, 0.1) is 10.6 Å². The van der Waals surface area contributed by atoms with Crippen LogP contribution >= 0.6 is 11.6 Å². The van der Waals surface area contributed by atoms with E-state index < -0.39 is 11.7 Å². The highest BCUT2D eigenvalue weighted by atomic mass is 35.5. The molecule has 108 valence electrons. The van der Waals surface area contributed by atoms with Crippen molar-refractivity contribution in [2.24, 2.45) is 0 Å². The van der Waals surface area contributed by atoms with Crippen molar-refractivity contribution in [1.82, 2.24) is 14.6 Å². The Balaban J connectivity index is 1.98. The number of halogens is 4. The Morgan fingerprint density at radius 3 is 2.67 bits per heavy atom. The number of nitrogens with zero attached hydrogens (tertiary/aromatic N) is 3. The van der Waals surface area contributed by atoms with E-state index in [0.717, 1.165) is 12.1 Å². The standard InChI is InChI=1S/C14H9ClF3N3/c15-11-5-2-6-21-12(19-20-13(11)21)8-9-3-1-4-10(7-9)14(16,17)18/h1-7H,8H2. The molecular weight excluding hydrogens is 303 g/mol. The summed E-state index contributed by atoms with van der Waals surface area (Å²) >= 11 is 5.99. The van der Waals surface area contributed by atoms with Crippen LogP contribution in [0.3, 0.4) is 0 Å². The van der Waals surface area contributed by atoms with E-state index in [0.29, 0.717) is 22.1 Å². The van der Waals surface area contributed by atoms with Gasteiger partial charge < -0.3 is 0 Å². The SMILES string of the molecule is FC(F)(F)c1cccc(Cc2nnc3c(Cl)cccn23)c1. The Morgan fingerprint density at radius 2 is 1.90 bits per heavy atom. The summed E-state index contributed by atoms with van der Waals surface area (Å²) in [4.78, 5) is 0. The molecule has 0 fully saturated rings. The molecular formula is C14H9ClF3N3. The average molecular weight is 312 g/mol. The van der Waals surface area contributed by atoms with Crippen LogP contribution in [0.25, 0.3) is 5.65 Å². The molecule has 0 saturated heterocycles. The molecule has 0 spiro atoms. The lowest BCUT2D eigenvalue weighted by atomic mass is 10.1. The molecule has 0 radical (unpaired) electrons. The number of rotatable bonds is 2. The van der Waals surface area contributed by atoms with Gasteiger partial charge in [0.15, 0.2) is 5.65 Å². The van der Waals surface area contributed by atoms with E-state index in [9.17, 15) is 13.2 Å². The zero-order chi connectivity index (χ0) is 15.0. The fraction of sp³-hybridized carbons (Fsp3) is 0.143. The first-order valence-corrected chi connectivity index (χ1v) is 6.47. The lowest BCUT2D eigenvalue weighted by Gasteiger charge is -2.08. The molecule has 0 bridgehead atoms. The lowest BCUT2D eigenvalue weighted by Crippen LogP contribution is -2.06. The number of pyridine rings is 1. The van der Waals surface area contributed by atoms with E-state index in [1.807, 2.05) is 0 Å². The normalized spacial score (nSPS) is 12.0. The van der Waals surface area contributed by atoms with Crippen LogP contribution in [0.5, 0.6) is 0 Å². The fourth-order valence-corrected chi connectivity index (χ4v) is 2.29. The molecule has 7 heteroatoms. The van der Waals surface area contributed by atoms with Crippen molar-refractivity contribution in [3.63, 3.8) is 0 Å². The van der Waals surface area contributed by atoms with Gasteiger partial charge >= 0.3 is 6.18 Å². The molecule has 2 aromatic heterocycles. The second-order valence-electron chi connectivity index (χ2n) is 4.54. The van der Waals surface area contributed by atoms with Gasteiger partial charge in [0, 0.05) is 12.6 Å². The molecule has 0 saturated carbocycles. The van der Waals surface area contributed by atoms with Crippen molar-refractivity contribution >= 4 is 17.2 Å². The van der Waals surface area contributed by atoms with Crippen LogP contribution in [-0.2, 0) is 12.6 Å². The summed E-state index contributed by atoms with van der Waals surface area (Å²) in [6.45, 7) is 0. The highest BCUT2D eigenvalue weighted by Gasteiger charge is 2.30. The van der Waals surface area contributed by atoms with Gasteiger partial charge in [-0.05, 0) is 23.8 Å². The largest absolute Gasteiger partial charge is 0.416 e. The van der Waals surface area contributed by atoms with E-state index in [1.54, 1.807) is 28.8 Å². The zero-order valence-electron chi connectivity index (χ0n) is 10.6. The monoisotopic (exact) mass is 311 g/mol. The summed E-state index contributed by atoms with van der Waals surface area (Å²) in [5.41, 5.74) is 0.326. The molecule has 3 nitrogen and oxygen atoms in total. The summed E-state index contributed by atoms with van der Waals surface area (Å²) in [5.74, 6) is 0.534. The van der Waals surface area contributed by atoms with Crippen molar-refractivity contribution < 1.29 is 13.2 Å². The Morgan fingerprint density at radius 1 is 1.10 bits per heavy atom. The van der Waals surface area contributed by atoms with E-state index in [4.69, 9.17) is 11.6 Å². The number of hydrogen-bond acceptors (Lipinski definition) is 2. The predicted octanol–water partition coefficient (Wildman–Crippen LogP) is 3.99. The van der Waals surface area contributed by atoms with Gasteiger partial charge in [-0.25, -0.2) is 0 Å². The van der Waals surface area contributed by atoms with Crippen LogP contribution in [-0.4, -0.2) is 14.6 Å². The first-order valence-electron chi connectivity index (χ1n) is 6.09. The summed E-state index contributed by atoms with van der Waals surface area (Å²) < 4.78 is 39.8. The van der Waals surface area contributed by atoms with Crippen LogP contribution in [0.4, 0.5) is 13.2 Å². The number of aromatic nitrogens is 3. The summed E-state index contributed by atoms with van der Waals surface area (Å²) in [6, 6.07) is 8.58. The second kappa shape index (κ2) is 5.04. The minimum atomic E-state index is -4.35. The third kappa shape index (κ3) is 2.71. The molecule has 0 aliphatic heterocycles. The highest BCUT2D eigenvalue weighted by molar-refractivity contribution is 6.33. The fourth-order valence-electron chi connectivity index (χ4n) is 2.09. The van der Waals surface area contributed by atoms with Crippen LogP contribution in [0, 0.1) is 0 Å². The lowest BCUT2D eigenvalue weighted by molar-refractivity contribution is -0.137. The molecule has 0 aliphatic rings. The molecule has 0 aliphatic carbocycles. The quantitative estimate of drug-likeness (QED) is 0.716. The molecule has 3 rings (SSSR count). The minimum Gasteiger partial charge on any atom is -0.285 e. The summed E-state index contributed by atoms with van der Waals surface area (Å²) in [7, 11) is 0. The second-order valence-corrected chi connectivity index (χ2v) is 4.95. The van der Waals surface area contributed by atoms with Crippen molar-refractivity contribution in [1.29, 1.82) is 0 Å². The van der Waals surface area contributed by atoms with Gasteiger partial charge in [-0.2, -0.15) is 13.2 Å². The molecule has 0 atom stereocenters. The van der Waals surface area contributed by atoms with E-state index >= 15 is 0 Å². The van der Waals surface area contributed by atoms with Gasteiger partial charge in [-0.15, -0.1) is 10.2 Å². The van der Waals surface area contributed by atoms with Crippen LogP contribution in [0.2, 0.25) is 5.02 Å². The highest BCUT2D eigenvalue weighted by Crippen LogP contribution is 2.30. The van der Waals surface area contributed by atoms with Gasteiger partial charge in [-0.1, -0.05) is 29.8 Å². The molecule has 21 heavy (non-hydrogen) atoms. The topological polar surface area (TPSA) is 30.2 Å². The maximum atomic E-state index is 12.7. The smallest absolute Gasteiger partial charge is 0.285 e. The minimum absolute atomic E-state index is 0.241. The van der Waals surface area contributed by atoms with Crippen LogP contribution < -0.4 is 0 Å². The average Bonchev–Trinajstić information content (AvgIpc) is 2.83. The van der Waals surface area contributed by atoms with Gasteiger partial charge in [0.2, 0.25) is 0 Å². The molecule has 3 aromatic rings. The first kappa shape index (κ1) is 13.9. The first-order chi connectivity index (χ1) is 9.95. The predicted molar refractivity (Wildman–Crippen MR) is 72.2 cm³/mol. The van der Waals surface area contributed by atoms with Gasteiger partial charge in [-0.3, -0.25) is 4.40 Å². The number of hydrogen-bond donors (Lipinski definition) is 0. The third-order valence-corrected chi connectivity index (χ3v) is 3.37. The van der Waals surface area contributed by atoms with E-state index in [1.165, 1.54) is 6.07 Å². The Hall–Kier alpha value is -2.08. The van der Waals surface area contributed by atoms with Crippen LogP contribution in [0.1, 0.15) is 17.0 Å². The van der Waals surface area contributed by atoms with Crippen molar-refractivity contribution in [2.75, 3.05) is 0 Å². The zero-order valence-corrected chi connectivity index (χ0v) is 11.4. The summed E-state index contributed by atoms with van der Waals surface area (Å²) in [5, 5.41) is 8.38. The number of alkyl halides is 3. The third-order valence-electron chi connectivity index (χ3n) is 3.07. The van der Waals surface area contributed by atoms with E-state index in [-0.39, 0.29) is 6.42 Å². The van der Waals surface area contributed by atoms with Gasteiger partial charge in [0.25, 0.3) is 0 Å². The van der Waals surface area contributed by atoms with Crippen LogP contribution in [0.15, 0.2) is 42.6 Å². The molecule has 0 unspecified atom stereocenters. The molecule has 2 heterocycles. The number of benzene rings is 1. The van der Waals surface area contributed by atoms with Crippen molar-refractivity contribution in [2.45, 2.75) is 12.6 Å². The Labute approximate surface area is 123 Å². The maximum Gasteiger partial charge on any atom is 0.416 e. The van der Waals surface area contributed by atoms with Crippen molar-refractivity contribution in [3.05, 3.63) is 64.6 Å². The summed E-state index contributed by atoms with van der Waals surface area (Å²) in [6.07, 6.45) is -2.39. The molecule has 0 N–H and O–H groups in total. The Bertz CT molecular complexity index is 796. The van der Waals surface area contributed by atoms with Crippen molar-refractivity contribution in [3.8, 4) is 0 Å². The Kier molecular flexibility index (Phi) is 3.33. The van der Waals surface area contributed by atoms with Gasteiger partial charge in [0.1, 0.15) is 5.82 Å². The number of fused-ring (bicyclic) bond motifs is 1. The molecule has 1 aromatic carbocycles.